The van der Waals surface area contributed by atoms with Crippen molar-refractivity contribution >= 4 is 28.5 Å². The van der Waals surface area contributed by atoms with Crippen LogP contribution in [0.2, 0.25) is 0 Å². The zero-order valence-electron chi connectivity index (χ0n) is 19.4. The van der Waals surface area contributed by atoms with Crippen molar-refractivity contribution in [3.8, 4) is 16.9 Å². The monoisotopic (exact) mass is 474 g/mol. The number of aromatic nitrogens is 3. The van der Waals surface area contributed by atoms with Crippen LogP contribution in [-0.2, 0) is 6.61 Å². The van der Waals surface area contributed by atoms with Crippen LogP contribution in [0.15, 0.2) is 67.1 Å². The Bertz CT molecular complexity index is 1230. The first kappa shape index (κ1) is 22.7. The van der Waals surface area contributed by atoms with E-state index in [2.05, 4.69) is 45.0 Å². The van der Waals surface area contributed by atoms with Gasteiger partial charge in [-0.3, -0.25) is 0 Å². The number of halogens is 1. The zero-order valence-corrected chi connectivity index (χ0v) is 20.1. The molecule has 2 N–H and O–H groups in total. The summed E-state index contributed by atoms with van der Waals surface area (Å²) >= 11 is 5.91. The van der Waals surface area contributed by atoms with Gasteiger partial charge in [-0.25, -0.2) is 9.97 Å². The lowest BCUT2D eigenvalue weighted by atomic mass is 9.83. The molecular formula is C28H31ClN4O. The molecule has 2 heterocycles. The number of anilines is 1. The summed E-state index contributed by atoms with van der Waals surface area (Å²) in [5, 5.41) is 0.923. The van der Waals surface area contributed by atoms with Gasteiger partial charge in [0.1, 0.15) is 30.1 Å². The average Bonchev–Trinajstić information content (AvgIpc) is 3.28. The maximum atomic E-state index is 6.38. The summed E-state index contributed by atoms with van der Waals surface area (Å²) in [6, 6.07) is 18.8. The van der Waals surface area contributed by atoms with E-state index in [0.717, 1.165) is 64.5 Å². The number of nitrogens with two attached hydrogens (primary N) is 1. The molecule has 6 heteroatoms. The van der Waals surface area contributed by atoms with Crippen LogP contribution in [0.25, 0.3) is 22.2 Å². The van der Waals surface area contributed by atoms with Crippen molar-refractivity contribution in [2.24, 2.45) is 5.92 Å². The minimum atomic E-state index is 0.426. The molecule has 0 aliphatic heterocycles. The van der Waals surface area contributed by atoms with Gasteiger partial charge in [0.25, 0.3) is 0 Å². The van der Waals surface area contributed by atoms with Gasteiger partial charge in [-0.15, -0.1) is 11.6 Å². The number of hydrogen-bond acceptors (Lipinski definition) is 4. The summed E-state index contributed by atoms with van der Waals surface area (Å²) in [6.45, 7) is 0.532. The molecule has 5 nitrogen and oxygen atoms in total. The second-order valence-corrected chi connectivity index (χ2v) is 9.59. The number of alkyl halides is 1. The topological polar surface area (TPSA) is 66.0 Å². The Labute approximate surface area is 205 Å². The lowest BCUT2D eigenvalue weighted by Crippen LogP contribution is -2.18. The number of ether oxygens (including phenoxy) is 1. The Morgan fingerprint density at radius 2 is 1.82 bits per heavy atom. The van der Waals surface area contributed by atoms with Gasteiger partial charge in [0.15, 0.2) is 0 Å². The summed E-state index contributed by atoms with van der Waals surface area (Å²) < 4.78 is 8.42. The van der Waals surface area contributed by atoms with Crippen LogP contribution >= 0.6 is 11.6 Å². The Balaban J connectivity index is 1.42. The largest absolute Gasteiger partial charge is 0.489 e. The Kier molecular flexibility index (Phi) is 7.00. The number of nitrogen functional groups attached to an aromatic ring is 1. The van der Waals surface area contributed by atoms with E-state index >= 15 is 0 Å². The third-order valence-electron chi connectivity index (χ3n) is 6.99. The molecule has 0 spiro atoms. The quantitative estimate of drug-likeness (QED) is 0.279. The van der Waals surface area contributed by atoms with E-state index in [1.54, 1.807) is 6.33 Å². The van der Waals surface area contributed by atoms with E-state index < -0.39 is 0 Å². The van der Waals surface area contributed by atoms with Crippen molar-refractivity contribution in [2.75, 3.05) is 11.6 Å². The highest BCUT2D eigenvalue weighted by Crippen LogP contribution is 2.40. The van der Waals surface area contributed by atoms with E-state index in [4.69, 9.17) is 22.1 Å². The molecule has 1 fully saturated rings. The van der Waals surface area contributed by atoms with Crippen molar-refractivity contribution in [3.05, 3.63) is 72.7 Å². The highest BCUT2D eigenvalue weighted by molar-refractivity contribution is 6.17. The van der Waals surface area contributed by atoms with Gasteiger partial charge in [0, 0.05) is 23.7 Å². The molecule has 0 bridgehead atoms. The summed E-state index contributed by atoms with van der Waals surface area (Å²) in [4.78, 5) is 8.96. The van der Waals surface area contributed by atoms with Gasteiger partial charge >= 0.3 is 0 Å². The van der Waals surface area contributed by atoms with E-state index in [1.165, 1.54) is 19.3 Å². The van der Waals surface area contributed by atoms with E-state index in [1.807, 2.05) is 30.3 Å². The van der Waals surface area contributed by atoms with Gasteiger partial charge in [0.2, 0.25) is 0 Å². The van der Waals surface area contributed by atoms with Crippen molar-refractivity contribution in [1.82, 2.24) is 14.5 Å². The molecule has 0 amide bonds. The van der Waals surface area contributed by atoms with Crippen molar-refractivity contribution in [3.63, 3.8) is 0 Å². The smallest absolute Gasteiger partial charge is 0.146 e. The van der Waals surface area contributed by atoms with Crippen LogP contribution in [0.1, 0.15) is 50.1 Å². The molecule has 5 rings (SSSR count). The summed E-state index contributed by atoms with van der Waals surface area (Å²) in [5.41, 5.74) is 10.6. The highest BCUT2D eigenvalue weighted by Gasteiger charge is 2.25. The number of rotatable bonds is 8. The van der Waals surface area contributed by atoms with Crippen LogP contribution in [0.5, 0.6) is 5.75 Å². The van der Waals surface area contributed by atoms with Crippen molar-refractivity contribution in [1.29, 1.82) is 0 Å². The van der Waals surface area contributed by atoms with Crippen LogP contribution in [-0.4, -0.2) is 20.4 Å². The third kappa shape index (κ3) is 4.90. The molecule has 2 aromatic carbocycles. The van der Waals surface area contributed by atoms with E-state index in [9.17, 15) is 0 Å². The van der Waals surface area contributed by atoms with Gasteiger partial charge in [0.05, 0.1) is 5.39 Å². The van der Waals surface area contributed by atoms with E-state index in [0.29, 0.717) is 18.5 Å². The van der Waals surface area contributed by atoms with Gasteiger partial charge in [-0.2, -0.15) is 0 Å². The summed E-state index contributed by atoms with van der Waals surface area (Å²) in [7, 11) is 0. The number of benzene rings is 2. The van der Waals surface area contributed by atoms with Crippen LogP contribution in [0.4, 0.5) is 5.82 Å². The fourth-order valence-electron chi connectivity index (χ4n) is 5.18. The summed E-state index contributed by atoms with van der Waals surface area (Å²) in [5.74, 6) is 2.90. The van der Waals surface area contributed by atoms with Crippen LogP contribution < -0.4 is 10.5 Å². The molecule has 2 aromatic heterocycles. The lowest BCUT2D eigenvalue weighted by molar-refractivity contribution is 0.266. The van der Waals surface area contributed by atoms with Crippen LogP contribution in [0, 0.1) is 5.92 Å². The normalized spacial score (nSPS) is 18.3. The van der Waals surface area contributed by atoms with E-state index in [-0.39, 0.29) is 0 Å². The van der Waals surface area contributed by atoms with Gasteiger partial charge in [-0.1, -0.05) is 42.5 Å². The van der Waals surface area contributed by atoms with Gasteiger partial charge < -0.3 is 15.0 Å². The Morgan fingerprint density at radius 1 is 1.00 bits per heavy atom. The van der Waals surface area contributed by atoms with Gasteiger partial charge in [-0.05, 0) is 67.7 Å². The molecule has 4 aromatic rings. The molecule has 1 aliphatic rings. The number of nitrogens with zero attached hydrogens (tertiary/aromatic N) is 3. The average molecular weight is 475 g/mol. The number of fused-ring (bicyclic) bond motifs is 1. The molecular weight excluding hydrogens is 444 g/mol. The third-order valence-corrected chi connectivity index (χ3v) is 7.25. The standard InChI is InChI=1S/C28H31ClN4O/c29-15-5-8-20-11-13-23(14-12-20)33-17-25(26-27(30)31-19-32-28(26)33)22-9-4-10-24(16-22)34-18-21-6-2-1-3-7-21/h1-4,6-7,9-10,16-17,19-20,23H,5,8,11-15,18H2,(H2,30,31,32). The lowest BCUT2D eigenvalue weighted by Gasteiger charge is -2.29. The van der Waals surface area contributed by atoms with Crippen LogP contribution in [0.3, 0.4) is 0 Å². The zero-order chi connectivity index (χ0) is 23.3. The maximum Gasteiger partial charge on any atom is 0.146 e. The second kappa shape index (κ2) is 10.5. The molecule has 0 unspecified atom stereocenters. The SMILES string of the molecule is Nc1ncnc2c1c(-c1cccc(OCc3ccccc3)c1)cn2C1CCC(CCCCl)CC1. The molecule has 1 aliphatic carbocycles. The van der Waals surface area contributed by atoms with Crippen molar-refractivity contribution in [2.45, 2.75) is 51.2 Å². The molecule has 0 atom stereocenters. The molecule has 1 saturated carbocycles. The minimum Gasteiger partial charge on any atom is -0.489 e. The number of hydrogen-bond donors (Lipinski definition) is 1. The molecule has 0 saturated heterocycles. The molecule has 34 heavy (non-hydrogen) atoms. The maximum absolute atomic E-state index is 6.38. The first-order chi connectivity index (χ1) is 16.7. The first-order valence-electron chi connectivity index (χ1n) is 12.2. The Hall–Kier alpha value is -3.05. The summed E-state index contributed by atoms with van der Waals surface area (Å²) in [6.07, 6.45) is 10.9. The highest BCUT2D eigenvalue weighted by atomic mass is 35.5. The predicted molar refractivity (Wildman–Crippen MR) is 139 cm³/mol. The molecule has 176 valence electrons. The fourth-order valence-corrected chi connectivity index (χ4v) is 5.33. The minimum absolute atomic E-state index is 0.426. The fraction of sp³-hybridized carbons (Fsp3) is 0.357. The second-order valence-electron chi connectivity index (χ2n) is 9.22. The predicted octanol–water partition coefficient (Wildman–Crippen LogP) is 7.01. The Morgan fingerprint density at radius 3 is 2.62 bits per heavy atom. The molecule has 0 radical (unpaired) electrons. The van der Waals surface area contributed by atoms with Crippen molar-refractivity contribution < 1.29 is 4.74 Å². The first-order valence-corrected chi connectivity index (χ1v) is 12.7.